The molecule has 0 aromatic rings. The number of unbranched alkanes of at least 4 members (excludes halogenated alkanes) is 14. The summed E-state index contributed by atoms with van der Waals surface area (Å²) in [6.45, 7) is 6.30. The second-order valence-electron chi connectivity index (χ2n) is 19.5. The summed E-state index contributed by atoms with van der Waals surface area (Å²) in [4.78, 5) is 38.2. The first-order valence-corrected chi connectivity index (χ1v) is 30.6. The fraction of sp³-hybridized carbons (Fsp3) is 0.563. The maximum atomic E-state index is 12.8. The van der Waals surface area contributed by atoms with Crippen LogP contribution in [-0.4, -0.2) is 37.2 Å². The lowest BCUT2D eigenvalue weighted by Crippen LogP contribution is -2.30. The Kier molecular flexibility index (Phi) is 59.0. The van der Waals surface area contributed by atoms with Crippen LogP contribution in [-0.2, 0) is 28.6 Å². The predicted octanol–water partition coefficient (Wildman–Crippen LogP) is 21.1. The van der Waals surface area contributed by atoms with Gasteiger partial charge >= 0.3 is 17.9 Å². The van der Waals surface area contributed by atoms with Crippen molar-refractivity contribution in [2.75, 3.05) is 13.2 Å². The lowest BCUT2D eigenvalue weighted by molar-refractivity contribution is -0.166. The molecule has 0 saturated heterocycles. The summed E-state index contributed by atoms with van der Waals surface area (Å²) >= 11 is 0. The van der Waals surface area contributed by atoms with Gasteiger partial charge in [-0.2, -0.15) is 0 Å². The molecule has 0 bridgehead atoms. The molecule has 0 N–H and O–H groups in total. The van der Waals surface area contributed by atoms with Gasteiger partial charge in [-0.1, -0.05) is 268 Å². The first-order chi connectivity index (χ1) is 38.0. The summed E-state index contributed by atoms with van der Waals surface area (Å²) in [5, 5.41) is 0. The van der Waals surface area contributed by atoms with Crippen molar-refractivity contribution in [3.63, 3.8) is 0 Å². The quantitative estimate of drug-likeness (QED) is 0.0261. The number of rotatable bonds is 53. The van der Waals surface area contributed by atoms with Crippen LogP contribution < -0.4 is 0 Å². The lowest BCUT2D eigenvalue weighted by Gasteiger charge is -2.18. The van der Waals surface area contributed by atoms with E-state index in [1.165, 1.54) is 64.2 Å². The average Bonchev–Trinajstić information content (AvgIpc) is 3.43. The predicted molar refractivity (Wildman–Crippen MR) is 334 cm³/mol. The van der Waals surface area contributed by atoms with E-state index in [-0.39, 0.29) is 38.0 Å². The third kappa shape index (κ3) is 61.5. The normalized spacial score (nSPS) is 13.3. The zero-order chi connectivity index (χ0) is 55.7. The highest BCUT2D eigenvalue weighted by Crippen LogP contribution is 2.14. The van der Waals surface area contributed by atoms with Crippen LogP contribution in [0.1, 0.15) is 239 Å². The second kappa shape index (κ2) is 63.3. The molecule has 1 unspecified atom stereocenters. The lowest BCUT2D eigenvalue weighted by atomic mass is 10.0. The Morgan fingerprint density at radius 2 is 0.532 bits per heavy atom. The van der Waals surface area contributed by atoms with Crippen LogP contribution >= 0.6 is 0 Å². The largest absolute Gasteiger partial charge is 0.462 e. The number of ether oxygens (including phenoxy) is 3. The molecule has 0 rings (SSSR count). The molecule has 6 heteroatoms. The number of carbonyl (C=O) groups is 3. The minimum atomic E-state index is -0.845. The number of hydrogen-bond acceptors (Lipinski definition) is 6. The van der Waals surface area contributed by atoms with Gasteiger partial charge in [0.15, 0.2) is 6.10 Å². The second-order valence-corrected chi connectivity index (χ2v) is 19.5. The van der Waals surface area contributed by atoms with Gasteiger partial charge in [-0.05, 0) is 122 Å². The van der Waals surface area contributed by atoms with Crippen molar-refractivity contribution in [2.45, 2.75) is 245 Å². The molecule has 0 spiro atoms. The Hall–Kier alpha value is -5.23. The summed E-state index contributed by atoms with van der Waals surface area (Å²) < 4.78 is 16.8. The van der Waals surface area contributed by atoms with Crippen molar-refractivity contribution in [2.24, 2.45) is 0 Å². The summed E-state index contributed by atoms with van der Waals surface area (Å²) in [6, 6.07) is 0. The SMILES string of the molecule is CC/C=C\C/C=C\C/C=C\C/C=C\C/C=C\C/C=C\C/C=C\C/C=C\CCCCC(=O)OCC(COC(=O)CCCCCCCCCCCCCCC)OC(=O)CC/C=C\C/C=C\C/C=C\C/C=C\C/C=C\C/C=C\CC. The van der Waals surface area contributed by atoms with Gasteiger partial charge in [0.05, 0.1) is 0 Å². The van der Waals surface area contributed by atoms with Gasteiger partial charge < -0.3 is 14.2 Å². The number of allylic oxidation sites excluding steroid dienone is 28. The minimum absolute atomic E-state index is 0.128. The fourth-order valence-corrected chi connectivity index (χ4v) is 7.72. The van der Waals surface area contributed by atoms with Crippen LogP contribution in [0.4, 0.5) is 0 Å². The maximum absolute atomic E-state index is 12.8. The third-order valence-electron chi connectivity index (χ3n) is 12.2. The van der Waals surface area contributed by atoms with Gasteiger partial charge in [0, 0.05) is 19.3 Å². The fourth-order valence-electron chi connectivity index (χ4n) is 7.72. The highest BCUT2D eigenvalue weighted by molar-refractivity contribution is 5.71. The molecular weight excluding hydrogens is 949 g/mol. The van der Waals surface area contributed by atoms with E-state index in [9.17, 15) is 14.4 Å². The molecule has 0 fully saturated rings. The maximum Gasteiger partial charge on any atom is 0.306 e. The first-order valence-electron chi connectivity index (χ1n) is 30.6. The van der Waals surface area contributed by atoms with Crippen LogP contribution in [0.25, 0.3) is 0 Å². The Morgan fingerprint density at radius 3 is 0.844 bits per heavy atom. The monoisotopic (exact) mass is 1060 g/mol. The molecule has 0 saturated carbocycles. The third-order valence-corrected chi connectivity index (χ3v) is 12.2. The molecule has 0 aromatic heterocycles. The van der Waals surface area contributed by atoms with E-state index in [1.54, 1.807) is 0 Å². The summed E-state index contributed by atoms with van der Waals surface area (Å²) in [5.74, 6) is -1.07. The van der Waals surface area contributed by atoms with Crippen molar-refractivity contribution in [1.82, 2.24) is 0 Å². The van der Waals surface area contributed by atoms with Gasteiger partial charge in [-0.3, -0.25) is 14.4 Å². The van der Waals surface area contributed by atoms with Gasteiger partial charge in [0.1, 0.15) is 13.2 Å². The first kappa shape index (κ1) is 71.8. The molecule has 0 aliphatic heterocycles. The van der Waals surface area contributed by atoms with E-state index in [0.717, 1.165) is 122 Å². The van der Waals surface area contributed by atoms with Crippen LogP contribution in [0.2, 0.25) is 0 Å². The molecule has 0 radical (unpaired) electrons. The van der Waals surface area contributed by atoms with E-state index < -0.39 is 12.1 Å². The van der Waals surface area contributed by atoms with Gasteiger partial charge in [-0.25, -0.2) is 0 Å². The van der Waals surface area contributed by atoms with E-state index in [0.29, 0.717) is 19.3 Å². The van der Waals surface area contributed by atoms with Gasteiger partial charge in [0.2, 0.25) is 0 Å². The van der Waals surface area contributed by atoms with E-state index in [4.69, 9.17) is 14.2 Å². The molecule has 0 amide bonds. The van der Waals surface area contributed by atoms with E-state index in [2.05, 4.69) is 179 Å². The molecular formula is C71H110O6. The average molecular weight is 1060 g/mol. The van der Waals surface area contributed by atoms with Crippen molar-refractivity contribution in [3.8, 4) is 0 Å². The zero-order valence-corrected chi connectivity index (χ0v) is 49.1. The molecule has 77 heavy (non-hydrogen) atoms. The zero-order valence-electron chi connectivity index (χ0n) is 49.1. The van der Waals surface area contributed by atoms with Crippen molar-refractivity contribution < 1.29 is 28.6 Å². The smallest absolute Gasteiger partial charge is 0.306 e. The van der Waals surface area contributed by atoms with Crippen LogP contribution in [0.5, 0.6) is 0 Å². The summed E-state index contributed by atoms with van der Waals surface area (Å²) in [7, 11) is 0. The number of esters is 3. The van der Waals surface area contributed by atoms with Gasteiger partial charge in [-0.15, -0.1) is 0 Å². The Morgan fingerprint density at radius 1 is 0.273 bits per heavy atom. The molecule has 1 atom stereocenters. The Bertz CT molecular complexity index is 1790. The number of carbonyl (C=O) groups excluding carboxylic acids is 3. The minimum Gasteiger partial charge on any atom is -0.462 e. The number of hydrogen-bond donors (Lipinski definition) is 0. The summed E-state index contributed by atoms with van der Waals surface area (Å²) in [5.41, 5.74) is 0. The molecule has 6 nitrogen and oxygen atoms in total. The topological polar surface area (TPSA) is 78.9 Å². The van der Waals surface area contributed by atoms with E-state index in [1.807, 2.05) is 12.2 Å². The molecule has 0 aromatic carbocycles. The summed E-state index contributed by atoms with van der Waals surface area (Å²) in [6.07, 6.45) is 93.6. The highest BCUT2D eigenvalue weighted by Gasteiger charge is 2.19. The Labute approximate surface area is 472 Å². The molecule has 0 aliphatic carbocycles. The van der Waals surface area contributed by atoms with Crippen molar-refractivity contribution in [3.05, 3.63) is 170 Å². The molecule has 0 heterocycles. The van der Waals surface area contributed by atoms with Crippen LogP contribution in [0.3, 0.4) is 0 Å². The van der Waals surface area contributed by atoms with E-state index >= 15 is 0 Å². The highest BCUT2D eigenvalue weighted by atomic mass is 16.6. The van der Waals surface area contributed by atoms with Crippen LogP contribution in [0.15, 0.2) is 170 Å². The molecule has 0 aliphatic rings. The van der Waals surface area contributed by atoms with Crippen LogP contribution in [0, 0.1) is 0 Å². The standard InChI is InChI=1S/C71H110O6/c1-4-7-10-13-16-19-22-25-27-29-31-32-33-34-35-36-37-38-40-41-43-46-49-52-55-58-61-64-70(73)76-67-68(66-75-69(72)63-60-57-54-51-48-45-24-21-18-15-12-9-6-3)77-71(74)65-62-59-56-53-50-47-44-42-39-30-28-26-23-20-17-14-11-8-5-2/h7-8,10-11,16-17,19-20,25-28,31-32,34-35,37-39,41-43,47,49-50,52,56,59,68H,4-6,9,12-15,18,21-24,29-30,33,36,40,44-46,48,51,53-55,57-58,60-67H2,1-3H3/b10-7-,11-8-,19-16-,20-17-,27-25-,28-26-,32-31-,35-34-,38-37-,42-39-,43-41-,50-47-,52-49-,59-56-. The van der Waals surface area contributed by atoms with Crippen molar-refractivity contribution in [1.29, 1.82) is 0 Å². The van der Waals surface area contributed by atoms with Gasteiger partial charge in [0.25, 0.3) is 0 Å². The van der Waals surface area contributed by atoms with Crippen molar-refractivity contribution >= 4 is 17.9 Å². The molecule has 430 valence electrons. The Balaban J connectivity index is 4.55.